The van der Waals surface area contributed by atoms with Crippen molar-refractivity contribution in [1.82, 2.24) is 0 Å². The summed E-state index contributed by atoms with van der Waals surface area (Å²) in [5.74, 6) is -0.370. The Balaban J connectivity index is 2.26. The second-order valence-electron chi connectivity index (χ2n) is 5.15. The Hall–Kier alpha value is -1.82. The Bertz CT molecular complexity index is 1060. The minimum Gasteiger partial charge on any atom is -0.433 e. The average Bonchev–Trinajstić information content (AvgIpc) is 2.50. The number of ether oxygens (including phenoxy) is 1. The van der Waals surface area contributed by atoms with E-state index in [9.17, 15) is 25.6 Å². The largest absolute Gasteiger partial charge is 0.433 e. The summed E-state index contributed by atoms with van der Waals surface area (Å²) in [5, 5.41) is -0.358. The van der Waals surface area contributed by atoms with Crippen molar-refractivity contribution in [3.05, 3.63) is 46.4 Å². The number of hydrogen-bond acceptors (Lipinski definition) is 5. The van der Waals surface area contributed by atoms with Crippen molar-refractivity contribution >= 4 is 54.6 Å². The van der Waals surface area contributed by atoms with Gasteiger partial charge in [-0.1, -0.05) is 23.2 Å². The molecule has 2 N–H and O–H groups in total. The van der Waals surface area contributed by atoms with Crippen LogP contribution in [0, 0.1) is 0 Å². The van der Waals surface area contributed by atoms with Gasteiger partial charge in [0.25, 0.3) is 10.0 Å². The maximum Gasteiger partial charge on any atom is 0.387 e. The SMILES string of the molecule is CS(=O)(=O)Nc1ccc(NS(=O)(=O)c2ccc(OC(F)F)c(Cl)c2)cc1Cl. The quantitative estimate of drug-likeness (QED) is 0.654. The van der Waals surface area contributed by atoms with Crippen molar-refractivity contribution in [2.75, 3.05) is 15.7 Å². The molecule has 0 spiro atoms. The van der Waals surface area contributed by atoms with Gasteiger partial charge in [0, 0.05) is 0 Å². The molecule has 0 amide bonds. The Labute approximate surface area is 164 Å². The van der Waals surface area contributed by atoms with E-state index in [4.69, 9.17) is 23.2 Å². The van der Waals surface area contributed by atoms with Crippen molar-refractivity contribution in [2.45, 2.75) is 11.5 Å². The van der Waals surface area contributed by atoms with Crippen LogP contribution in [0.15, 0.2) is 41.3 Å². The van der Waals surface area contributed by atoms with Gasteiger partial charge in [0.2, 0.25) is 10.0 Å². The Morgan fingerprint density at radius 3 is 2.15 bits per heavy atom. The minimum absolute atomic E-state index is 0.0423. The normalized spacial score (nSPS) is 12.1. The van der Waals surface area contributed by atoms with Crippen LogP contribution >= 0.6 is 23.2 Å². The zero-order valence-electron chi connectivity index (χ0n) is 13.4. The van der Waals surface area contributed by atoms with Crippen molar-refractivity contribution in [1.29, 1.82) is 0 Å². The Morgan fingerprint density at radius 2 is 1.63 bits per heavy atom. The van der Waals surface area contributed by atoms with Crippen LogP contribution in [0.4, 0.5) is 20.2 Å². The third-order valence-corrected chi connectivity index (χ3v) is 5.52. The fourth-order valence-electron chi connectivity index (χ4n) is 1.92. The number of nitrogens with one attached hydrogen (secondary N) is 2. The molecule has 0 radical (unpaired) electrons. The van der Waals surface area contributed by atoms with Crippen LogP contribution in [0.5, 0.6) is 5.75 Å². The number of alkyl halides is 2. The summed E-state index contributed by atoms with van der Waals surface area (Å²) in [6.45, 7) is -3.11. The first kappa shape index (κ1) is 21.5. The van der Waals surface area contributed by atoms with E-state index in [1.54, 1.807) is 0 Å². The molecule has 2 rings (SSSR count). The van der Waals surface area contributed by atoms with Crippen LogP contribution in [-0.4, -0.2) is 29.7 Å². The summed E-state index contributed by atoms with van der Waals surface area (Å²) < 4.78 is 80.2. The summed E-state index contributed by atoms with van der Waals surface area (Å²) in [5.41, 5.74) is 0.113. The lowest BCUT2D eigenvalue weighted by atomic mass is 10.3. The van der Waals surface area contributed by atoms with E-state index in [-0.39, 0.29) is 32.1 Å². The molecule has 0 heterocycles. The van der Waals surface area contributed by atoms with Gasteiger partial charge in [0.1, 0.15) is 5.75 Å². The Morgan fingerprint density at radius 1 is 0.963 bits per heavy atom. The summed E-state index contributed by atoms with van der Waals surface area (Å²) in [6, 6.07) is 6.73. The lowest BCUT2D eigenvalue weighted by Gasteiger charge is -2.12. The molecule has 7 nitrogen and oxygen atoms in total. The molecule has 0 unspecified atom stereocenters. The summed E-state index contributed by atoms with van der Waals surface area (Å²) in [4.78, 5) is -0.302. The molecule has 0 aliphatic rings. The third kappa shape index (κ3) is 6.09. The first-order valence-corrected chi connectivity index (χ1v) is 11.0. The van der Waals surface area contributed by atoms with Crippen LogP contribution in [-0.2, 0) is 20.0 Å². The summed E-state index contributed by atoms with van der Waals surface area (Å²) >= 11 is 11.7. The Kier molecular flexibility index (Phi) is 6.40. The molecule has 0 aromatic heterocycles. The monoisotopic (exact) mass is 460 g/mol. The van der Waals surface area contributed by atoms with Crippen LogP contribution in [0.2, 0.25) is 10.0 Å². The van der Waals surface area contributed by atoms with E-state index in [2.05, 4.69) is 14.2 Å². The standard InChI is InChI=1S/C14H12Cl2F2N2O5S2/c1-26(21,22)20-12-4-2-8(6-10(12)15)19-27(23,24)9-3-5-13(11(16)7-9)25-14(17)18/h2-7,14,19-20H,1H3. The van der Waals surface area contributed by atoms with E-state index in [0.29, 0.717) is 0 Å². The van der Waals surface area contributed by atoms with Crippen LogP contribution in [0.3, 0.4) is 0 Å². The van der Waals surface area contributed by atoms with E-state index >= 15 is 0 Å². The van der Waals surface area contributed by atoms with Crippen LogP contribution in [0.1, 0.15) is 0 Å². The van der Waals surface area contributed by atoms with Gasteiger partial charge in [-0.2, -0.15) is 8.78 Å². The molecular formula is C14H12Cl2F2N2O5S2. The molecule has 148 valence electrons. The maximum absolute atomic E-state index is 12.4. The fourth-order valence-corrected chi connectivity index (χ4v) is 4.14. The van der Waals surface area contributed by atoms with E-state index in [0.717, 1.165) is 24.5 Å². The zero-order chi connectivity index (χ0) is 20.4. The molecule has 2 aromatic carbocycles. The number of hydrogen-bond donors (Lipinski definition) is 2. The van der Waals surface area contributed by atoms with Gasteiger partial charge < -0.3 is 4.74 Å². The second kappa shape index (κ2) is 8.05. The van der Waals surface area contributed by atoms with E-state index in [1.165, 1.54) is 18.2 Å². The number of anilines is 2. The lowest BCUT2D eigenvalue weighted by molar-refractivity contribution is -0.0498. The average molecular weight is 461 g/mol. The molecule has 0 saturated carbocycles. The molecule has 2 aromatic rings. The molecule has 0 bridgehead atoms. The second-order valence-corrected chi connectivity index (χ2v) is 9.39. The first-order chi connectivity index (χ1) is 12.4. The maximum atomic E-state index is 12.4. The molecule has 27 heavy (non-hydrogen) atoms. The number of rotatable bonds is 7. The first-order valence-electron chi connectivity index (χ1n) is 6.92. The predicted molar refractivity (Wildman–Crippen MR) is 98.8 cm³/mol. The molecule has 0 fully saturated rings. The van der Waals surface area contributed by atoms with Crippen LogP contribution < -0.4 is 14.2 Å². The van der Waals surface area contributed by atoms with Crippen molar-refractivity contribution in [2.24, 2.45) is 0 Å². The van der Waals surface area contributed by atoms with Gasteiger partial charge in [-0.3, -0.25) is 9.44 Å². The van der Waals surface area contributed by atoms with Crippen molar-refractivity contribution < 1.29 is 30.4 Å². The van der Waals surface area contributed by atoms with E-state index in [1.807, 2.05) is 0 Å². The van der Waals surface area contributed by atoms with Crippen molar-refractivity contribution in [3.8, 4) is 5.75 Å². The smallest absolute Gasteiger partial charge is 0.387 e. The van der Waals surface area contributed by atoms with Gasteiger partial charge in [-0.15, -0.1) is 0 Å². The van der Waals surface area contributed by atoms with Crippen LogP contribution in [0.25, 0.3) is 0 Å². The summed E-state index contributed by atoms with van der Waals surface area (Å²) in [7, 11) is -7.68. The highest BCUT2D eigenvalue weighted by Gasteiger charge is 2.18. The molecule has 0 saturated heterocycles. The number of benzene rings is 2. The van der Waals surface area contributed by atoms with E-state index < -0.39 is 26.7 Å². The molecule has 0 aliphatic heterocycles. The van der Waals surface area contributed by atoms with Gasteiger partial charge in [-0.05, 0) is 36.4 Å². The van der Waals surface area contributed by atoms with Gasteiger partial charge in [-0.25, -0.2) is 16.8 Å². The molecule has 0 aliphatic carbocycles. The van der Waals surface area contributed by atoms with Crippen molar-refractivity contribution in [3.63, 3.8) is 0 Å². The number of sulfonamides is 2. The minimum atomic E-state index is -4.12. The highest BCUT2D eigenvalue weighted by atomic mass is 35.5. The lowest BCUT2D eigenvalue weighted by Crippen LogP contribution is -2.14. The zero-order valence-corrected chi connectivity index (χ0v) is 16.6. The van der Waals surface area contributed by atoms with Gasteiger partial charge in [0.15, 0.2) is 0 Å². The topological polar surface area (TPSA) is 102 Å². The molecule has 0 atom stereocenters. The molecular weight excluding hydrogens is 449 g/mol. The molecule has 13 heteroatoms. The third-order valence-electron chi connectivity index (χ3n) is 2.95. The summed E-state index contributed by atoms with van der Waals surface area (Å²) in [6.07, 6.45) is 0.936. The fraction of sp³-hybridized carbons (Fsp3) is 0.143. The highest BCUT2D eigenvalue weighted by molar-refractivity contribution is 7.92. The predicted octanol–water partition coefficient (Wildman–Crippen LogP) is 3.77. The highest BCUT2D eigenvalue weighted by Crippen LogP contribution is 2.31. The van der Waals surface area contributed by atoms with Gasteiger partial charge >= 0.3 is 6.61 Å². The number of halogens is 4. The van der Waals surface area contributed by atoms with Gasteiger partial charge in [0.05, 0.1) is 32.6 Å².